The summed E-state index contributed by atoms with van der Waals surface area (Å²) in [5.41, 5.74) is 10.8. The number of Topliss-reactive ketones (excluding diaryl/α,β-unsaturated/α-hetero) is 1. The summed E-state index contributed by atoms with van der Waals surface area (Å²) in [6, 6.07) is 1.02. The maximum Gasteiger partial charge on any atom is 0.216 e. The van der Waals surface area contributed by atoms with Crippen LogP contribution in [-0.4, -0.2) is 34.3 Å². The fourth-order valence-corrected chi connectivity index (χ4v) is 1.27. The largest absolute Gasteiger partial charge is 0.370 e. The molecule has 0 aliphatic carbocycles. The fourth-order valence-electron chi connectivity index (χ4n) is 1.27. The second-order valence-electron chi connectivity index (χ2n) is 3.53. The molecular formula is C10H16N6O. The van der Waals surface area contributed by atoms with Crippen LogP contribution < -0.4 is 16.8 Å². The molecule has 0 saturated heterocycles. The minimum Gasteiger partial charge on any atom is -0.370 e. The third-order valence-corrected chi connectivity index (χ3v) is 2.13. The van der Waals surface area contributed by atoms with Crippen LogP contribution in [0.25, 0.3) is 0 Å². The van der Waals surface area contributed by atoms with Gasteiger partial charge in [0.05, 0.1) is 6.04 Å². The maximum atomic E-state index is 11.7. The second kappa shape index (κ2) is 6.54. The molecule has 7 heteroatoms. The highest BCUT2D eigenvalue weighted by molar-refractivity contribution is 5.96. The summed E-state index contributed by atoms with van der Waals surface area (Å²) >= 11 is 0. The Bertz CT molecular complexity index is 380. The summed E-state index contributed by atoms with van der Waals surface area (Å²) in [4.78, 5) is 19.4. The number of rotatable bonds is 6. The van der Waals surface area contributed by atoms with Gasteiger partial charge in [0.1, 0.15) is 0 Å². The van der Waals surface area contributed by atoms with E-state index >= 15 is 0 Å². The van der Waals surface area contributed by atoms with Crippen LogP contribution in [-0.2, 0) is 0 Å². The third-order valence-electron chi connectivity index (χ3n) is 2.13. The maximum absolute atomic E-state index is 11.7. The quantitative estimate of drug-likeness (QED) is 0.222. The van der Waals surface area contributed by atoms with Gasteiger partial charge in [0, 0.05) is 18.9 Å². The Morgan fingerprint density at radius 2 is 2.12 bits per heavy atom. The Labute approximate surface area is 99.1 Å². The molecule has 0 bridgehead atoms. The summed E-state index contributed by atoms with van der Waals surface area (Å²) in [6.07, 6.45) is 4.16. The number of guanidine groups is 1. The molecule has 0 aromatic carbocycles. The van der Waals surface area contributed by atoms with Gasteiger partial charge in [0.25, 0.3) is 0 Å². The molecule has 0 saturated carbocycles. The topological polar surface area (TPSA) is 131 Å². The molecule has 0 aliphatic rings. The van der Waals surface area contributed by atoms with Crippen molar-refractivity contribution < 1.29 is 4.79 Å². The van der Waals surface area contributed by atoms with E-state index in [4.69, 9.17) is 16.9 Å². The van der Waals surface area contributed by atoms with Gasteiger partial charge in [-0.3, -0.25) is 10.2 Å². The zero-order chi connectivity index (χ0) is 12.7. The highest BCUT2D eigenvalue weighted by Gasteiger charge is 2.17. The molecule has 17 heavy (non-hydrogen) atoms. The van der Waals surface area contributed by atoms with Crippen molar-refractivity contribution in [3.8, 4) is 0 Å². The van der Waals surface area contributed by atoms with Gasteiger partial charge < -0.3 is 16.8 Å². The standard InChI is InChI=1S/C10H16N6O/c11-7(3-1-4-16-10(12)13)8(17)9-14-5-2-6-15-9/h2,5-7H,1,3-4,11H2,(H4,12,13,16). The van der Waals surface area contributed by atoms with Gasteiger partial charge in [-0.1, -0.05) is 0 Å². The zero-order valence-corrected chi connectivity index (χ0v) is 9.39. The lowest BCUT2D eigenvalue weighted by molar-refractivity contribution is 0.0946. The lowest BCUT2D eigenvalue weighted by Gasteiger charge is -2.09. The average Bonchev–Trinajstić information content (AvgIpc) is 2.34. The molecule has 0 aliphatic heterocycles. The van der Waals surface area contributed by atoms with Crippen molar-refractivity contribution >= 4 is 11.7 Å². The van der Waals surface area contributed by atoms with E-state index in [9.17, 15) is 4.79 Å². The Morgan fingerprint density at radius 3 is 2.71 bits per heavy atom. The molecule has 0 radical (unpaired) electrons. The number of nitrogens with two attached hydrogens (primary N) is 2. The van der Waals surface area contributed by atoms with Crippen LogP contribution >= 0.6 is 0 Å². The molecule has 92 valence electrons. The van der Waals surface area contributed by atoms with E-state index in [0.717, 1.165) is 0 Å². The number of aromatic nitrogens is 2. The van der Waals surface area contributed by atoms with Gasteiger partial charge in [-0.05, 0) is 18.9 Å². The monoisotopic (exact) mass is 236 g/mol. The van der Waals surface area contributed by atoms with Gasteiger partial charge in [-0.15, -0.1) is 0 Å². The van der Waals surface area contributed by atoms with E-state index in [1.165, 1.54) is 12.4 Å². The average molecular weight is 236 g/mol. The number of nitrogens with zero attached hydrogens (tertiary/aromatic N) is 2. The van der Waals surface area contributed by atoms with Crippen LogP contribution in [0.3, 0.4) is 0 Å². The first-order chi connectivity index (χ1) is 8.11. The van der Waals surface area contributed by atoms with Crippen molar-refractivity contribution in [2.45, 2.75) is 18.9 Å². The van der Waals surface area contributed by atoms with Gasteiger partial charge >= 0.3 is 0 Å². The SMILES string of the molecule is N=C(N)NCCCC(N)C(=O)c1ncccn1. The predicted molar refractivity (Wildman–Crippen MR) is 63.5 cm³/mol. The van der Waals surface area contributed by atoms with E-state index < -0.39 is 6.04 Å². The van der Waals surface area contributed by atoms with Crippen molar-refractivity contribution in [2.75, 3.05) is 6.54 Å². The smallest absolute Gasteiger partial charge is 0.216 e. The van der Waals surface area contributed by atoms with Crippen LogP contribution in [0.5, 0.6) is 0 Å². The zero-order valence-electron chi connectivity index (χ0n) is 9.39. The van der Waals surface area contributed by atoms with Crippen molar-refractivity contribution in [3.05, 3.63) is 24.3 Å². The van der Waals surface area contributed by atoms with Gasteiger partial charge in [-0.2, -0.15) is 0 Å². The third kappa shape index (κ3) is 4.56. The molecule has 0 amide bonds. The van der Waals surface area contributed by atoms with E-state index in [1.54, 1.807) is 6.07 Å². The predicted octanol–water partition coefficient (Wildman–Crippen LogP) is -0.750. The number of carbonyl (C=O) groups is 1. The Kier molecular flexibility index (Phi) is 5.02. The Hall–Kier alpha value is -2.02. The molecule has 7 nitrogen and oxygen atoms in total. The Balaban J connectivity index is 2.35. The van der Waals surface area contributed by atoms with Gasteiger partial charge in [0.2, 0.25) is 5.78 Å². The van der Waals surface area contributed by atoms with Crippen LogP contribution in [0.1, 0.15) is 23.5 Å². The highest BCUT2D eigenvalue weighted by Crippen LogP contribution is 2.00. The van der Waals surface area contributed by atoms with Crippen LogP contribution in [0.2, 0.25) is 0 Å². The molecule has 1 heterocycles. The summed E-state index contributed by atoms with van der Waals surface area (Å²) < 4.78 is 0. The van der Waals surface area contributed by atoms with Crippen LogP contribution in [0.4, 0.5) is 0 Å². The molecule has 0 spiro atoms. The van der Waals surface area contributed by atoms with Crippen LogP contribution in [0.15, 0.2) is 18.5 Å². The molecule has 0 fully saturated rings. The summed E-state index contributed by atoms with van der Waals surface area (Å²) in [6.45, 7) is 0.520. The lowest BCUT2D eigenvalue weighted by atomic mass is 10.1. The minimum absolute atomic E-state index is 0.0868. The van der Waals surface area contributed by atoms with Crippen molar-refractivity contribution in [1.29, 1.82) is 5.41 Å². The number of ketones is 1. The molecule has 1 aromatic heterocycles. The molecule has 1 aromatic rings. The summed E-state index contributed by atoms with van der Waals surface area (Å²) in [7, 11) is 0. The van der Waals surface area contributed by atoms with Crippen molar-refractivity contribution in [1.82, 2.24) is 15.3 Å². The number of hydrogen-bond donors (Lipinski definition) is 4. The van der Waals surface area contributed by atoms with E-state index in [-0.39, 0.29) is 17.6 Å². The second-order valence-corrected chi connectivity index (χ2v) is 3.53. The molecule has 1 rings (SSSR count). The minimum atomic E-state index is -0.619. The number of carbonyl (C=O) groups excluding carboxylic acids is 1. The number of hydrogen-bond acceptors (Lipinski definition) is 5. The van der Waals surface area contributed by atoms with Crippen molar-refractivity contribution in [3.63, 3.8) is 0 Å². The fraction of sp³-hybridized carbons (Fsp3) is 0.400. The molecule has 1 atom stereocenters. The first-order valence-corrected chi connectivity index (χ1v) is 5.26. The van der Waals surface area contributed by atoms with E-state index in [0.29, 0.717) is 19.4 Å². The normalized spacial score (nSPS) is 11.8. The van der Waals surface area contributed by atoms with Crippen molar-refractivity contribution in [2.24, 2.45) is 11.5 Å². The molecule has 1 unspecified atom stereocenters. The highest BCUT2D eigenvalue weighted by atomic mass is 16.1. The van der Waals surface area contributed by atoms with E-state index in [1.807, 2.05) is 0 Å². The molecular weight excluding hydrogens is 220 g/mol. The molecule has 6 N–H and O–H groups in total. The first-order valence-electron chi connectivity index (χ1n) is 5.26. The number of nitrogens with one attached hydrogen (secondary N) is 2. The first kappa shape index (κ1) is 13.0. The van der Waals surface area contributed by atoms with E-state index in [2.05, 4.69) is 15.3 Å². The summed E-state index contributed by atoms with van der Waals surface area (Å²) in [5.74, 6) is -0.218. The summed E-state index contributed by atoms with van der Waals surface area (Å²) in [5, 5.41) is 9.59. The lowest BCUT2D eigenvalue weighted by Crippen LogP contribution is -2.34. The van der Waals surface area contributed by atoms with Gasteiger partial charge in [0.15, 0.2) is 11.8 Å². The van der Waals surface area contributed by atoms with Gasteiger partial charge in [-0.25, -0.2) is 9.97 Å². The van der Waals surface area contributed by atoms with Crippen LogP contribution in [0, 0.1) is 5.41 Å². The Morgan fingerprint density at radius 1 is 1.47 bits per heavy atom.